The summed E-state index contributed by atoms with van der Waals surface area (Å²) in [5.41, 5.74) is 0.628. The number of methoxy groups -OCH3 is 2. The van der Waals surface area contributed by atoms with E-state index in [1.807, 2.05) is 0 Å². The minimum Gasteiger partial charge on any atom is -0.497 e. The first kappa shape index (κ1) is 12.3. The van der Waals surface area contributed by atoms with Crippen molar-refractivity contribution in [1.82, 2.24) is 0 Å². The van der Waals surface area contributed by atoms with E-state index in [2.05, 4.69) is 20.7 Å². The maximum Gasteiger partial charge on any atom is 0.328 e. The Balaban J connectivity index is 3.06. The molecule has 0 fully saturated rings. The molecule has 5 heteroatoms. The Hall–Kier alpha value is -0.740. The Morgan fingerprint density at radius 2 is 2.13 bits per heavy atom. The van der Waals surface area contributed by atoms with Gasteiger partial charge in [0.25, 0.3) is 0 Å². The molecule has 1 aromatic carbocycles. The molecular weight excluding hydrogens is 283 g/mol. The molecule has 15 heavy (non-hydrogen) atoms. The molecule has 0 heterocycles. The van der Waals surface area contributed by atoms with Gasteiger partial charge in [0.1, 0.15) is 5.75 Å². The van der Waals surface area contributed by atoms with Crippen molar-refractivity contribution in [1.29, 1.82) is 0 Å². The van der Waals surface area contributed by atoms with Crippen molar-refractivity contribution in [3.8, 4) is 5.75 Å². The number of alkyl halides is 1. The van der Waals surface area contributed by atoms with Crippen LogP contribution in [0, 0.1) is 0 Å². The zero-order valence-corrected chi connectivity index (χ0v) is 10.6. The third-order valence-electron chi connectivity index (χ3n) is 1.88. The molecule has 0 aliphatic heterocycles. The lowest BCUT2D eigenvalue weighted by molar-refractivity contribution is -0.140. The monoisotopic (exact) mass is 292 g/mol. The lowest BCUT2D eigenvalue weighted by Gasteiger charge is -2.11. The summed E-state index contributed by atoms with van der Waals surface area (Å²) in [7, 11) is 2.85. The second kappa shape index (κ2) is 5.37. The first-order chi connectivity index (χ1) is 7.10. The summed E-state index contributed by atoms with van der Waals surface area (Å²) in [5, 5.41) is -0.834. The molecule has 0 aromatic heterocycles. The predicted octanol–water partition coefficient (Wildman–Crippen LogP) is 2.91. The molecule has 1 atom stereocenters. The third-order valence-corrected chi connectivity index (χ3v) is 3.02. The molecule has 0 radical (unpaired) electrons. The van der Waals surface area contributed by atoms with E-state index in [1.54, 1.807) is 25.3 Å². The number of benzene rings is 1. The highest BCUT2D eigenvalue weighted by Crippen LogP contribution is 2.32. The molecule has 0 bridgehead atoms. The summed E-state index contributed by atoms with van der Waals surface area (Å²) >= 11 is 9.24. The lowest BCUT2D eigenvalue weighted by atomic mass is 10.1. The van der Waals surface area contributed by atoms with Crippen molar-refractivity contribution in [2.45, 2.75) is 5.38 Å². The molecule has 82 valence electrons. The number of esters is 1. The summed E-state index contributed by atoms with van der Waals surface area (Å²) in [6.07, 6.45) is 0. The Bertz CT molecular complexity index is 368. The van der Waals surface area contributed by atoms with Crippen LogP contribution in [0.2, 0.25) is 0 Å². The molecule has 1 unspecified atom stereocenters. The van der Waals surface area contributed by atoms with Crippen LogP contribution >= 0.6 is 27.5 Å². The van der Waals surface area contributed by atoms with Crippen molar-refractivity contribution in [3.63, 3.8) is 0 Å². The van der Waals surface area contributed by atoms with Crippen LogP contribution in [-0.2, 0) is 9.53 Å². The van der Waals surface area contributed by atoms with Crippen LogP contribution in [-0.4, -0.2) is 20.2 Å². The maximum absolute atomic E-state index is 11.2. The Morgan fingerprint density at radius 3 is 2.67 bits per heavy atom. The van der Waals surface area contributed by atoms with E-state index in [-0.39, 0.29) is 0 Å². The van der Waals surface area contributed by atoms with E-state index in [0.717, 1.165) is 4.47 Å². The number of ether oxygens (including phenoxy) is 2. The molecule has 0 saturated heterocycles. The van der Waals surface area contributed by atoms with Gasteiger partial charge in [-0.15, -0.1) is 11.6 Å². The highest BCUT2D eigenvalue weighted by Gasteiger charge is 2.21. The van der Waals surface area contributed by atoms with Crippen molar-refractivity contribution in [2.24, 2.45) is 0 Å². The van der Waals surface area contributed by atoms with Crippen LogP contribution in [0.15, 0.2) is 22.7 Å². The van der Waals surface area contributed by atoms with Gasteiger partial charge < -0.3 is 9.47 Å². The van der Waals surface area contributed by atoms with Gasteiger partial charge in [0.15, 0.2) is 5.38 Å². The zero-order valence-electron chi connectivity index (χ0n) is 8.29. The largest absolute Gasteiger partial charge is 0.497 e. The summed E-state index contributed by atoms with van der Waals surface area (Å²) in [6.45, 7) is 0. The molecular formula is C10H10BrClO3. The third kappa shape index (κ3) is 2.86. The number of carbonyl (C=O) groups excluding carboxylic acids is 1. The van der Waals surface area contributed by atoms with Gasteiger partial charge in [0, 0.05) is 4.47 Å². The number of hydrogen-bond acceptors (Lipinski definition) is 3. The molecule has 1 aromatic rings. The van der Waals surface area contributed by atoms with Crippen LogP contribution < -0.4 is 4.74 Å². The molecule has 0 spiro atoms. The molecule has 0 saturated carbocycles. The first-order valence-electron chi connectivity index (χ1n) is 4.15. The number of halogens is 2. The van der Waals surface area contributed by atoms with E-state index >= 15 is 0 Å². The Morgan fingerprint density at radius 1 is 1.47 bits per heavy atom. The van der Waals surface area contributed by atoms with E-state index in [9.17, 15) is 4.79 Å². The van der Waals surface area contributed by atoms with Gasteiger partial charge in [-0.3, -0.25) is 4.79 Å². The van der Waals surface area contributed by atoms with E-state index < -0.39 is 11.3 Å². The van der Waals surface area contributed by atoms with Gasteiger partial charge in [-0.1, -0.05) is 15.9 Å². The summed E-state index contributed by atoms with van der Waals surface area (Å²) in [5.74, 6) is 0.147. The lowest BCUT2D eigenvalue weighted by Crippen LogP contribution is -2.09. The number of rotatable bonds is 3. The smallest absolute Gasteiger partial charge is 0.328 e. The van der Waals surface area contributed by atoms with Crippen LogP contribution in [0.25, 0.3) is 0 Å². The molecule has 3 nitrogen and oxygen atoms in total. The normalized spacial score (nSPS) is 12.0. The van der Waals surface area contributed by atoms with Gasteiger partial charge in [-0.2, -0.15) is 0 Å². The fraction of sp³-hybridized carbons (Fsp3) is 0.300. The van der Waals surface area contributed by atoms with E-state index in [4.69, 9.17) is 16.3 Å². The highest BCUT2D eigenvalue weighted by molar-refractivity contribution is 9.10. The second-order valence-electron chi connectivity index (χ2n) is 2.77. The molecule has 0 aliphatic rings. The Labute approximate surface area is 101 Å². The van der Waals surface area contributed by atoms with Gasteiger partial charge in [0.05, 0.1) is 14.2 Å². The quantitative estimate of drug-likeness (QED) is 0.635. The zero-order chi connectivity index (χ0) is 11.4. The van der Waals surface area contributed by atoms with E-state index in [1.165, 1.54) is 7.11 Å². The molecule has 0 amide bonds. The van der Waals surface area contributed by atoms with Crippen molar-refractivity contribution in [3.05, 3.63) is 28.2 Å². The number of hydrogen-bond donors (Lipinski definition) is 0. The van der Waals surface area contributed by atoms with Gasteiger partial charge in [0.2, 0.25) is 0 Å². The predicted molar refractivity (Wildman–Crippen MR) is 61.3 cm³/mol. The number of carbonyl (C=O) groups is 1. The molecule has 0 N–H and O–H groups in total. The van der Waals surface area contributed by atoms with Crippen LogP contribution in [0.3, 0.4) is 0 Å². The average molecular weight is 294 g/mol. The fourth-order valence-electron chi connectivity index (χ4n) is 1.07. The maximum atomic E-state index is 11.2. The second-order valence-corrected chi connectivity index (χ2v) is 4.06. The van der Waals surface area contributed by atoms with Crippen LogP contribution in [0.4, 0.5) is 0 Å². The van der Waals surface area contributed by atoms with Crippen molar-refractivity contribution < 1.29 is 14.3 Å². The topological polar surface area (TPSA) is 35.5 Å². The van der Waals surface area contributed by atoms with Gasteiger partial charge in [-0.25, -0.2) is 0 Å². The SMILES string of the molecule is COC(=O)C(Cl)c1cc(OC)ccc1Br. The Kier molecular flexibility index (Phi) is 4.42. The minimum atomic E-state index is -0.834. The van der Waals surface area contributed by atoms with Crippen molar-refractivity contribution >= 4 is 33.5 Å². The standard InChI is InChI=1S/C10H10BrClO3/c1-14-6-3-4-8(11)7(5-6)9(12)10(13)15-2/h3-5,9H,1-2H3. The highest BCUT2D eigenvalue weighted by atomic mass is 79.9. The minimum absolute atomic E-state index is 0.495. The summed E-state index contributed by atoms with van der Waals surface area (Å²) < 4.78 is 10.3. The van der Waals surface area contributed by atoms with E-state index in [0.29, 0.717) is 11.3 Å². The fourth-order valence-corrected chi connectivity index (χ4v) is 1.95. The van der Waals surface area contributed by atoms with Crippen LogP contribution in [0.5, 0.6) is 5.75 Å². The molecule has 0 aliphatic carbocycles. The van der Waals surface area contributed by atoms with Crippen LogP contribution in [0.1, 0.15) is 10.9 Å². The summed E-state index contributed by atoms with van der Waals surface area (Å²) in [6, 6.07) is 5.24. The summed E-state index contributed by atoms with van der Waals surface area (Å²) in [4.78, 5) is 11.2. The van der Waals surface area contributed by atoms with Gasteiger partial charge >= 0.3 is 5.97 Å². The molecule has 1 rings (SSSR count). The average Bonchev–Trinajstić information content (AvgIpc) is 2.27. The van der Waals surface area contributed by atoms with Crippen molar-refractivity contribution in [2.75, 3.05) is 14.2 Å². The first-order valence-corrected chi connectivity index (χ1v) is 5.38. The van der Waals surface area contributed by atoms with Gasteiger partial charge in [-0.05, 0) is 23.8 Å².